The molecule has 4 aromatic rings. The van der Waals surface area contributed by atoms with Crippen molar-refractivity contribution in [1.82, 2.24) is 14.5 Å². The molecule has 196 valence electrons. The minimum absolute atomic E-state index is 0.0201. The smallest absolute Gasteiger partial charge is 0.337 e. The SMILES string of the molecule is COC(=O)c1ccc(NC(=O)Cn2c(=O)n(CC(=O)NC3CCCC3)c(=O)c3oc4ccccc4c32)cc1. The molecule has 1 saturated carbocycles. The molecule has 0 radical (unpaired) electrons. The lowest BCUT2D eigenvalue weighted by molar-refractivity contribution is -0.122. The zero-order valence-corrected chi connectivity index (χ0v) is 20.7. The van der Waals surface area contributed by atoms with Crippen molar-refractivity contribution < 1.29 is 23.5 Å². The monoisotopic (exact) mass is 518 g/mol. The maximum atomic E-state index is 13.5. The second-order valence-electron chi connectivity index (χ2n) is 9.20. The number of furan rings is 1. The fraction of sp³-hybridized carbons (Fsp3) is 0.296. The Morgan fingerprint density at radius 1 is 0.947 bits per heavy atom. The Kier molecular flexibility index (Phi) is 6.82. The summed E-state index contributed by atoms with van der Waals surface area (Å²) in [7, 11) is 1.27. The van der Waals surface area contributed by atoms with Gasteiger partial charge in [0.1, 0.15) is 24.2 Å². The van der Waals surface area contributed by atoms with Crippen LogP contribution in [0.3, 0.4) is 0 Å². The molecule has 1 fully saturated rings. The molecule has 0 spiro atoms. The number of nitrogens with zero attached hydrogens (tertiary/aromatic N) is 2. The third-order valence-corrected chi connectivity index (χ3v) is 6.65. The molecule has 0 unspecified atom stereocenters. The molecule has 38 heavy (non-hydrogen) atoms. The fourth-order valence-corrected chi connectivity index (χ4v) is 4.82. The Balaban J connectivity index is 1.50. The fourth-order valence-electron chi connectivity index (χ4n) is 4.82. The quantitative estimate of drug-likeness (QED) is 0.358. The van der Waals surface area contributed by atoms with Gasteiger partial charge in [-0.1, -0.05) is 25.0 Å². The number of anilines is 1. The lowest BCUT2D eigenvalue weighted by Gasteiger charge is -2.14. The summed E-state index contributed by atoms with van der Waals surface area (Å²) in [6.07, 6.45) is 3.74. The molecule has 0 aliphatic heterocycles. The number of para-hydroxylation sites is 1. The van der Waals surface area contributed by atoms with Gasteiger partial charge in [-0.3, -0.25) is 19.0 Å². The van der Waals surface area contributed by atoms with E-state index in [1.165, 1.54) is 31.4 Å². The molecule has 11 nitrogen and oxygen atoms in total. The van der Waals surface area contributed by atoms with Crippen LogP contribution in [0.1, 0.15) is 36.0 Å². The second-order valence-corrected chi connectivity index (χ2v) is 9.20. The van der Waals surface area contributed by atoms with E-state index in [0.29, 0.717) is 22.2 Å². The maximum Gasteiger partial charge on any atom is 0.337 e. The first kappa shape index (κ1) is 25.0. The van der Waals surface area contributed by atoms with Crippen molar-refractivity contribution in [2.24, 2.45) is 0 Å². The lowest BCUT2D eigenvalue weighted by atomic mass is 10.2. The lowest BCUT2D eigenvalue weighted by Crippen LogP contribution is -2.46. The number of nitrogens with one attached hydrogen (secondary N) is 2. The Morgan fingerprint density at radius 3 is 2.34 bits per heavy atom. The van der Waals surface area contributed by atoms with Crippen LogP contribution in [0.25, 0.3) is 22.1 Å². The third kappa shape index (κ3) is 4.82. The summed E-state index contributed by atoms with van der Waals surface area (Å²) in [5.74, 6) is -1.51. The standard InChI is InChI=1S/C27H26N4O7/c1-37-26(35)16-10-12-18(13-11-16)29-21(32)14-30-23-19-8-4-5-9-20(19)38-24(23)25(34)31(27(30)36)15-22(33)28-17-6-2-3-7-17/h4-5,8-13,17H,2-3,6-7,14-15H2,1H3,(H,28,33)(H,29,32). The van der Waals surface area contributed by atoms with E-state index in [4.69, 9.17) is 4.42 Å². The van der Waals surface area contributed by atoms with Gasteiger partial charge in [-0.2, -0.15) is 0 Å². The molecule has 2 aromatic carbocycles. The van der Waals surface area contributed by atoms with Gasteiger partial charge in [0.05, 0.1) is 12.7 Å². The van der Waals surface area contributed by atoms with E-state index in [9.17, 15) is 24.0 Å². The normalized spacial score (nSPS) is 13.6. The van der Waals surface area contributed by atoms with Crippen molar-refractivity contribution in [2.45, 2.75) is 44.8 Å². The van der Waals surface area contributed by atoms with Gasteiger partial charge in [0, 0.05) is 17.1 Å². The summed E-state index contributed by atoms with van der Waals surface area (Å²) in [6, 6.07) is 12.9. The van der Waals surface area contributed by atoms with Gasteiger partial charge in [-0.15, -0.1) is 0 Å². The number of esters is 1. The van der Waals surface area contributed by atoms with Crippen LogP contribution < -0.4 is 21.9 Å². The van der Waals surface area contributed by atoms with Crippen molar-refractivity contribution >= 4 is 45.5 Å². The van der Waals surface area contributed by atoms with E-state index in [2.05, 4.69) is 15.4 Å². The number of aromatic nitrogens is 2. The minimum Gasteiger partial charge on any atom is -0.465 e. The number of carbonyl (C=O) groups is 3. The summed E-state index contributed by atoms with van der Waals surface area (Å²) in [6.45, 7) is -0.931. The molecule has 11 heteroatoms. The number of fused-ring (bicyclic) bond motifs is 3. The van der Waals surface area contributed by atoms with Crippen LogP contribution in [0, 0.1) is 0 Å². The van der Waals surface area contributed by atoms with Crippen molar-refractivity contribution in [2.75, 3.05) is 12.4 Å². The highest BCUT2D eigenvalue weighted by atomic mass is 16.5. The summed E-state index contributed by atoms with van der Waals surface area (Å²) in [5, 5.41) is 6.05. The first-order valence-corrected chi connectivity index (χ1v) is 12.3. The topological polar surface area (TPSA) is 142 Å². The van der Waals surface area contributed by atoms with E-state index in [-0.39, 0.29) is 17.1 Å². The highest BCUT2D eigenvalue weighted by molar-refractivity contribution is 6.03. The Morgan fingerprint density at radius 2 is 1.63 bits per heavy atom. The summed E-state index contributed by atoms with van der Waals surface area (Å²) >= 11 is 0. The zero-order valence-electron chi connectivity index (χ0n) is 20.7. The predicted octanol–water partition coefficient (Wildman–Crippen LogP) is 2.39. The second kappa shape index (κ2) is 10.4. The molecular formula is C27H26N4O7. The van der Waals surface area contributed by atoms with Crippen molar-refractivity contribution in [3.05, 3.63) is 74.9 Å². The summed E-state index contributed by atoms with van der Waals surface area (Å²) in [5.41, 5.74) is -0.386. The summed E-state index contributed by atoms with van der Waals surface area (Å²) < 4.78 is 12.4. The number of ether oxygens (including phenoxy) is 1. The number of benzene rings is 2. The average Bonchev–Trinajstić information content (AvgIpc) is 3.57. The van der Waals surface area contributed by atoms with Gasteiger partial charge < -0.3 is 19.8 Å². The Bertz CT molecular complexity index is 1660. The first-order valence-electron chi connectivity index (χ1n) is 12.3. The van der Waals surface area contributed by atoms with E-state index < -0.39 is 42.1 Å². The molecule has 0 bridgehead atoms. The molecule has 2 aromatic heterocycles. The average molecular weight is 519 g/mol. The molecule has 0 saturated heterocycles. The van der Waals surface area contributed by atoms with Crippen molar-refractivity contribution in [3.63, 3.8) is 0 Å². The molecule has 2 N–H and O–H groups in total. The van der Waals surface area contributed by atoms with Crippen LogP contribution in [0.5, 0.6) is 0 Å². The van der Waals surface area contributed by atoms with E-state index >= 15 is 0 Å². The summed E-state index contributed by atoms with van der Waals surface area (Å²) in [4.78, 5) is 64.1. The van der Waals surface area contributed by atoms with Gasteiger partial charge in [-0.05, 0) is 49.2 Å². The van der Waals surface area contributed by atoms with Gasteiger partial charge >= 0.3 is 11.7 Å². The van der Waals surface area contributed by atoms with Crippen LogP contribution in [-0.2, 0) is 27.4 Å². The third-order valence-electron chi connectivity index (χ3n) is 6.65. The van der Waals surface area contributed by atoms with Crippen LogP contribution in [0.15, 0.2) is 62.5 Å². The number of amides is 2. The number of hydrogen-bond acceptors (Lipinski definition) is 7. The van der Waals surface area contributed by atoms with Crippen LogP contribution in [0.4, 0.5) is 5.69 Å². The number of methoxy groups -OCH3 is 1. The van der Waals surface area contributed by atoms with E-state index in [1.54, 1.807) is 24.3 Å². The molecule has 5 rings (SSSR count). The van der Waals surface area contributed by atoms with Crippen LogP contribution >= 0.6 is 0 Å². The predicted molar refractivity (Wildman–Crippen MR) is 139 cm³/mol. The van der Waals surface area contributed by atoms with E-state index in [0.717, 1.165) is 34.8 Å². The molecule has 0 atom stereocenters. The molecule has 2 amide bonds. The minimum atomic E-state index is -0.799. The van der Waals surface area contributed by atoms with Gasteiger partial charge in [-0.25, -0.2) is 14.2 Å². The number of hydrogen-bond donors (Lipinski definition) is 2. The zero-order chi connectivity index (χ0) is 26.8. The Hall–Kier alpha value is -4.67. The first-order chi connectivity index (χ1) is 18.4. The Labute approximate surface area is 216 Å². The van der Waals surface area contributed by atoms with Crippen molar-refractivity contribution in [1.29, 1.82) is 0 Å². The molecule has 1 aliphatic rings. The van der Waals surface area contributed by atoms with Crippen LogP contribution in [-0.4, -0.2) is 40.1 Å². The van der Waals surface area contributed by atoms with E-state index in [1.807, 2.05) is 0 Å². The maximum absolute atomic E-state index is 13.5. The van der Waals surface area contributed by atoms with Crippen LogP contribution in [0.2, 0.25) is 0 Å². The highest BCUT2D eigenvalue weighted by Gasteiger charge is 2.24. The molecule has 2 heterocycles. The largest absolute Gasteiger partial charge is 0.465 e. The molecular weight excluding hydrogens is 492 g/mol. The van der Waals surface area contributed by atoms with Crippen molar-refractivity contribution in [3.8, 4) is 0 Å². The number of carbonyl (C=O) groups excluding carboxylic acids is 3. The van der Waals surface area contributed by atoms with Gasteiger partial charge in [0.2, 0.25) is 17.4 Å². The van der Waals surface area contributed by atoms with Gasteiger partial charge in [0.15, 0.2) is 0 Å². The number of rotatable bonds is 7. The highest BCUT2D eigenvalue weighted by Crippen LogP contribution is 2.25. The van der Waals surface area contributed by atoms with Gasteiger partial charge in [0.25, 0.3) is 5.56 Å². The molecule has 1 aliphatic carbocycles.